The van der Waals surface area contributed by atoms with Crippen LogP contribution in [0.1, 0.15) is 25.3 Å². The minimum absolute atomic E-state index is 0.164. The fourth-order valence-electron chi connectivity index (χ4n) is 2.97. The molecule has 1 saturated heterocycles. The zero-order valence-corrected chi connectivity index (χ0v) is 13.3. The van der Waals surface area contributed by atoms with Gasteiger partial charge in [-0.3, -0.25) is 4.90 Å². The first kappa shape index (κ1) is 16.8. The summed E-state index contributed by atoms with van der Waals surface area (Å²) in [5, 5.41) is 9.07. The van der Waals surface area contributed by atoms with Crippen molar-refractivity contribution in [2.24, 2.45) is 0 Å². The van der Waals surface area contributed by atoms with E-state index in [4.69, 9.17) is 9.84 Å². The molecule has 1 aromatic rings. The smallest absolute Gasteiger partial charge is 0.410 e. The van der Waals surface area contributed by atoms with E-state index in [1.54, 1.807) is 0 Å². The van der Waals surface area contributed by atoms with Gasteiger partial charge < -0.3 is 14.7 Å². The summed E-state index contributed by atoms with van der Waals surface area (Å²) in [6, 6.07) is 9.90. The van der Waals surface area contributed by atoms with Crippen LogP contribution in [0.2, 0.25) is 0 Å². The van der Waals surface area contributed by atoms with Gasteiger partial charge in [0.2, 0.25) is 0 Å². The average Bonchev–Trinajstić information content (AvgIpc) is 2.55. The van der Waals surface area contributed by atoms with Crippen molar-refractivity contribution < 1.29 is 14.6 Å². The number of likely N-dealkylation sites (tertiary alicyclic amines) is 1. The lowest BCUT2D eigenvalue weighted by Crippen LogP contribution is -2.50. The molecule has 1 fully saturated rings. The van der Waals surface area contributed by atoms with Crippen molar-refractivity contribution in [3.63, 3.8) is 0 Å². The van der Waals surface area contributed by atoms with Gasteiger partial charge in [-0.25, -0.2) is 4.79 Å². The van der Waals surface area contributed by atoms with E-state index in [2.05, 4.69) is 4.90 Å². The van der Waals surface area contributed by atoms with Crippen molar-refractivity contribution in [3.8, 4) is 0 Å². The number of aliphatic hydroxyl groups excluding tert-OH is 1. The summed E-state index contributed by atoms with van der Waals surface area (Å²) >= 11 is 0. The van der Waals surface area contributed by atoms with Crippen molar-refractivity contribution in [1.82, 2.24) is 9.80 Å². The molecule has 0 saturated carbocycles. The molecule has 2 rings (SSSR count). The number of rotatable bonds is 6. The normalized spacial score (nSPS) is 18.9. The van der Waals surface area contributed by atoms with Crippen molar-refractivity contribution in [3.05, 3.63) is 35.9 Å². The monoisotopic (exact) mass is 306 g/mol. The highest BCUT2D eigenvalue weighted by atomic mass is 16.6. The van der Waals surface area contributed by atoms with Gasteiger partial charge in [-0.05, 0) is 31.9 Å². The van der Waals surface area contributed by atoms with Gasteiger partial charge >= 0.3 is 6.09 Å². The number of amides is 1. The molecule has 1 aromatic carbocycles. The first-order chi connectivity index (χ1) is 10.7. The maximum atomic E-state index is 12.3. The van der Waals surface area contributed by atoms with Crippen molar-refractivity contribution in [2.45, 2.75) is 32.4 Å². The number of piperidine rings is 1. The van der Waals surface area contributed by atoms with Gasteiger partial charge in [-0.2, -0.15) is 0 Å². The Morgan fingerprint density at radius 2 is 2.18 bits per heavy atom. The third-order valence-electron chi connectivity index (χ3n) is 4.12. The molecule has 1 aliphatic rings. The number of benzene rings is 1. The first-order valence-electron chi connectivity index (χ1n) is 8.05. The topological polar surface area (TPSA) is 53.0 Å². The maximum Gasteiger partial charge on any atom is 0.410 e. The summed E-state index contributed by atoms with van der Waals surface area (Å²) in [5.41, 5.74) is 0.998. The molecule has 0 radical (unpaired) electrons. The molecule has 1 amide bonds. The van der Waals surface area contributed by atoms with E-state index in [0.717, 1.165) is 31.5 Å². The zero-order chi connectivity index (χ0) is 15.8. The van der Waals surface area contributed by atoms with Crippen LogP contribution in [0.5, 0.6) is 0 Å². The number of carbonyl (C=O) groups excluding carboxylic acids is 1. The number of hydrogen-bond donors (Lipinski definition) is 1. The Labute approximate surface area is 132 Å². The van der Waals surface area contributed by atoms with Gasteiger partial charge in [-0.1, -0.05) is 30.3 Å². The summed E-state index contributed by atoms with van der Waals surface area (Å²) in [5.74, 6) is 0. The molecule has 0 bridgehead atoms. The standard InChI is InChI=1S/C17H26N2O3/c1-2-19(16-9-6-10-18(13-16)11-12-20)17(21)22-14-15-7-4-3-5-8-15/h3-5,7-8,16,20H,2,6,9-14H2,1H3. The molecule has 1 aliphatic heterocycles. The predicted molar refractivity (Wildman–Crippen MR) is 85.6 cm³/mol. The fraction of sp³-hybridized carbons (Fsp3) is 0.588. The molecule has 1 atom stereocenters. The quantitative estimate of drug-likeness (QED) is 0.874. The van der Waals surface area contributed by atoms with E-state index < -0.39 is 0 Å². The highest BCUT2D eigenvalue weighted by Crippen LogP contribution is 2.17. The number of likely N-dealkylation sites (N-methyl/N-ethyl adjacent to an activating group) is 1. The molecule has 22 heavy (non-hydrogen) atoms. The molecule has 1 unspecified atom stereocenters. The van der Waals surface area contributed by atoms with Crippen LogP contribution in [0.25, 0.3) is 0 Å². The summed E-state index contributed by atoms with van der Waals surface area (Å²) in [7, 11) is 0. The summed E-state index contributed by atoms with van der Waals surface area (Å²) in [4.78, 5) is 16.4. The second-order valence-corrected chi connectivity index (χ2v) is 5.65. The van der Waals surface area contributed by atoms with Crippen LogP contribution in [0, 0.1) is 0 Å². The molecular formula is C17H26N2O3. The lowest BCUT2D eigenvalue weighted by molar-refractivity contribution is 0.0549. The molecule has 0 aromatic heterocycles. The second kappa shape index (κ2) is 8.76. The molecule has 5 heteroatoms. The highest BCUT2D eigenvalue weighted by Gasteiger charge is 2.28. The van der Waals surface area contributed by atoms with Gasteiger partial charge in [0, 0.05) is 25.7 Å². The first-order valence-corrected chi connectivity index (χ1v) is 8.05. The third kappa shape index (κ3) is 4.71. The van der Waals surface area contributed by atoms with E-state index in [0.29, 0.717) is 19.7 Å². The van der Waals surface area contributed by atoms with Gasteiger partial charge in [0.25, 0.3) is 0 Å². The molecule has 1 heterocycles. The number of β-amino-alcohol motifs (C(OH)–C–C–N with tert-alkyl or cyclic N) is 1. The highest BCUT2D eigenvalue weighted by molar-refractivity contribution is 5.68. The lowest BCUT2D eigenvalue weighted by Gasteiger charge is -2.38. The van der Waals surface area contributed by atoms with Crippen LogP contribution in [0.4, 0.5) is 4.79 Å². The number of nitrogens with zero attached hydrogens (tertiary/aromatic N) is 2. The number of ether oxygens (including phenoxy) is 1. The summed E-state index contributed by atoms with van der Waals surface area (Å²) in [6.07, 6.45) is 1.80. The van der Waals surface area contributed by atoms with Gasteiger partial charge in [0.15, 0.2) is 0 Å². The summed E-state index contributed by atoms with van der Waals surface area (Å²) in [6.45, 7) is 5.58. The van der Waals surface area contributed by atoms with Gasteiger partial charge in [0.05, 0.1) is 6.61 Å². The van der Waals surface area contributed by atoms with Gasteiger partial charge in [-0.15, -0.1) is 0 Å². The van der Waals surface area contributed by atoms with Crippen LogP contribution in [-0.4, -0.2) is 59.8 Å². The maximum absolute atomic E-state index is 12.3. The minimum Gasteiger partial charge on any atom is -0.445 e. The van der Waals surface area contributed by atoms with E-state index in [-0.39, 0.29) is 18.7 Å². The Kier molecular flexibility index (Phi) is 6.68. The molecular weight excluding hydrogens is 280 g/mol. The molecule has 5 nitrogen and oxygen atoms in total. The van der Waals surface area contributed by atoms with Crippen molar-refractivity contribution >= 4 is 6.09 Å². The second-order valence-electron chi connectivity index (χ2n) is 5.65. The number of hydrogen-bond acceptors (Lipinski definition) is 4. The van der Waals surface area contributed by atoms with Crippen LogP contribution >= 0.6 is 0 Å². The Hall–Kier alpha value is -1.59. The lowest BCUT2D eigenvalue weighted by atomic mass is 10.0. The zero-order valence-electron chi connectivity index (χ0n) is 13.3. The Morgan fingerprint density at radius 1 is 1.41 bits per heavy atom. The number of carbonyl (C=O) groups is 1. The van der Waals surface area contributed by atoms with Crippen LogP contribution in [0.3, 0.4) is 0 Å². The van der Waals surface area contributed by atoms with Crippen LogP contribution in [-0.2, 0) is 11.3 Å². The molecule has 0 spiro atoms. The van der Waals surface area contributed by atoms with E-state index >= 15 is 0 Å². The third-order valence-corrected chi connectivity index (χ3v) is 4.12. The molecule has 1 N–H and O–H groups in total. The van der Waals surface area contributed by atoms with Gasteiger partial charge in [0.1, 0.15) is 6.61 Å². The summed E-state index contributed by atoms with van der Waals surface area (Å²) < 4.78 is 5.45. The molecule has 122 valence electrons. The Balaban J connectivity index is 1.88. The van der Waals surface area contributed by atoms with Crippen molar-refractivity contribution in [1.29, 1.82) is 0 Å². The number of aliphatic hydroxyl groups is 1. The van der Waals surface area contributed by atoms with Crippen LogP contribution in [0.15, 0.2) is 30.3 Å². The van der Waals surface area contributed by atoms with E-state index in [1.165, 1.54) is 0 Å². The SMILES string of the molecule is CCN(C(=O)OCc1ccccc1)C1CCCN(CCO)C1. The van der Waals surface area contributed by atoms with E-state index in [9.17, 15) is 4.79 Å². The largest absolute Gasteiger partial charge is 0.445 e. The minimum atomic E-state index is -0.248. The van der Waals surface area contributed by atoms with Crippen molar-refractivity contribution in [2.75, 3.05) is 32.8 Å². The predicted octanol–water partition coefficient (Wildman–Crippen LogP) is 2.10. The molecule has 0 aliphatic carbocycles. The Morgan fingerprint density at radius 3 is 2.86 bits per heavy atom. The van der Waals surface area contributed by atoms with E-state index in [1.807, 2.05) is 42.2 Å². The average molecular weight is 306 g/mol. The fourth-order valence-corrected chi connectivity index (χ4v) is 2.97. The Bertz CT molecular complexity index is 450. The van der Waals surface area contributed by atoms with Crippen LogP contribution < -0.4 is 0 Å².